The molecule has 0 radical (unpaired) electrons. The first-order valence-electron chi connectivity index (χ1n) is 9.79. The van der Waals surface area contributed by atoms with Crippen LogP contribution in [-0.4, -0.2) is 47.6 Å². The SMILES string of the molecule is CCOC(=O)CN(C(=O)COC(=O)c1cccnc1Oc1cccnc1)c1ccccc1. The maximum absolute atomic E-state index is 12.8. The summed E-state index contributed by atoms with van der Waals surface area (Å²) < 4.78 is 15.7. The average Bonchev–Trinajstić information content (AvgIpc) is 2.82. The molecule has 3 rings (SSSR count). The second-order valence-corrected chi connectivity index (χ2v) is 6.34. The molecule has 0 saturated heterocycles. The molecule has 1 aromatic carbocycles. The highest BCUT2D eigenvalue weighted by Crippen LogP contribution is 2.22. The number of hydrogen-bond donors (Lipinski definition) is 0. The molecule has 164 valence electrons. The summed E-state index contributed by atoms with van der Waals surface area (Å²) in [5.74, 6) is -1.55. The summed E-state index contributed by atoms with van der Waals surface area (Å²) in [6.07, 6.45) is 4.52. The molecule has 0 unspecified atom stereocenters. The lowest BCUT2D eigenvalue weighted by atomic mass is 10.2. The van der Waals surface area contributed by atoms with Crippen LogP contribution in [0, 0.1) is 0 Å². The second-order valence-electron chi connectivity index (χ2n) is 6.34. The van der Waals surface area contributed by atoms with Gasteiger partial charge < -0.3 is 14.2 Å². The van der Waals surface area contributed by atoms with Gasteiger partial charge in [0.1, 0.15) is 17.9 Å². The molecule has 2 heterocycles. The lowest BCUT2D eigenvalue weighted by Gasteiger charge is -2.21. The second kappa shape index (κ2) is 11.2. The Bertz CT molecular complexity index is 1060. The van der Waals surface area contributed by atoms with Crippen molar-refractivity contribution in [3.05, 3.63) is 78.8 Å². The Hall–Kier alpha value is -4.27. The van der Waals surface area contributed by atoms with E-state index in [-0.39, 0.29) is 24.6 Å². The molecule has 32 heavy (non-hydrogen) atoms. The van der Waals surface area contributed by atoms with E-state index < -0.39 is 24.5 Å². The molecule has 0 aliphatic rings. The summed E-state index contributed by atoms with van der Waals surface area (Å²) >= 11 is 0. The van der Waals surface area contributed by atoms with Crippen LogP contribution in [0.5, 0.6) is 11.6 Å². The van der Waals surface area contributed by atoms with E-state index in [4.69, 9.17) is 14.2 Å². The minimum absolute atomic E-state index is 0.0180. The van der Waals surface area contributed by atoms with Gasteiger partial charge in [-0.25, -0.2) is 9.78 Å². The van der Waals surface area contributed by atoms with Crippen molar-refractivity contribution < 1.29 is 28.6 Å². The number of amides is 1. The summed E-state index contributed by atoms with van der Waals surface area (Å²) in [7, 11) is 0. The zero-order chi connectivity index (χ0) is 22.8. The molecular formula is C23H21N3O6. The fourth-order valence-corrected chi connectivity index (χ4v) is 2.70. The molecule has 0 fully saturated rings. The Morgan fingerprint density at radius 3 is 2.44 bits per heavy atom. The number of hydrogen-bond acceptors (Lipinski definition) is 8. The molecule has 1 amide bonds. The fourth-order valence-electron chi connectivity index (χ4n) is 2.70. The van der Waals surface area contributed by atoms with Crippen LogP contribution in [0.2, 0.25) is 0 Å². The van der Waals surface area contributed by atoms with E-state index in [9.17, 15) is 14.4 Å². The van der Waals surface area contributed by atoms with Crippen LogP contribution in [0.4, 0.5) is 5.69 Å². The Balaban J connectivity index is 1.70. The van der Waals surface area contributed by atoms with Gasteiger partial charge in [0.15, 0.2) is 6.61 Å². The van der Waals surface area contributed by atoms with Crippen molar-refractivity contribution in [2.24, 2.45) is 0 Å². The van der Waals surface area contributed by atoms with Crippen LogP contribution >= 0.6 is 0 Å². The highest BCUT2D eigenvalue weighted by Gasteiger charge is 2.23. The van der Waals surface area contributed by atoms with E-state index in [0.29, 0.717) is 11.4 Å². The number of nitrogens with zero attached hydrogens (tertiary/aromatic N) is 3. The first kappa shape index (κ1) is 22.4. The van der Waals surface area contributed by atoms with Crippen molar-refractivity contribution in [2.45, 2.75) is 6.92 Å². The van der Waals surface area contributed by atoms with Gasteiger partial charge in [0.25, 0.3) is 5.91 Å². The van der Waals surface area contributed by atoms with Gasteiger partial charge in [0.2, 0.25) is 5.88 Å². The number of carbonyl (C=O) groups is 3. The zero-order valence-electron chi connectivity index (χ0n) is 17.3. The van der Waals surface area contributed by atoms with Crippen LogP contribution < -0.4 is 9.64 Å². The van der Waals surface area contributed by atoms with Crippen molar-refractivity contribution in [1.29, 1.82) is 0 Å². The molecule has 9 heteroatoms. The molecule has 0 saturated carbocycles. The van der Waals surface area contributed by atoms with E-state index in [2.05, 4.69) is 9.97 Å². The first-order chi connectivity index (χ1) is 15.6. The van der Waals surface area contributed by atoms with E-state index >= 15 is 0 Å². The predicted molar refractivity (Wildman–Crippen MR) is 114 cm³/mol. The summed E-state index contributed by atoms with van der Waals surface area (Å²) in [6, 6.07) is 14.9. The van der Waals surface area contributed by atoms with Gasteiger partial charge in [0, 0.05) is 18.1 Å². The minimum atomic E-state index is -0.797. The molecule has 2 aromatic heterocycles. The lowest BCUT2D eigenvalue weighted by Crippen LogP contribution is -2.39. The van der Waals surface area contributed by atoms with Crippen molar-refractivity contribution >= 4 is 23.5 Å². The number of anilines is 1. The standard InChI is InChI=1S/C23H21N3O6/c1-2-30-21(28)15-26(17-8-4-3-5-9-17)20(27)16-31-23(29)19-11-7-13-25-22(19)32-18-10-6-12-24-14-18/h3-14H,2,15-16H2,1H3. The van der Waals surface area contributed by atoms with Gasteiger partial charge in [-0.3, -0.25) is 19.5 Å². The van der Waals surface area contributed by atoms with Gasteiger partial charge in [-0.1, -0.05) is 18.2 Å². The van der Waals surface area contributed by atoms with Crippen molar-refractivity contribution in [3.8, 4) is 11.6 Å². The van der Waals surface area contributed by atoms with E-state index in [1.807, 2.05) is 0 Å². The quantitative estimate of drug-likeness (QED) is 0.472. The van der Waals surface area contributed by atoms with Crippen LogP contribution in [0.3, 0.4) is 0 Å². The third-order valence-corrected chi connectivity index (χ3v) is 4.13. The number of pyridine rings is 2. The Morgan fingerprint density at radius 2 is 1.72 bits per heavy atom. The van der Waals surface area contributed by atoms with Crippen molar-refractivity contribution in [3.63, 3.8) is 0 Å². The normalized spacial score (nSPS) is 10.2. The maximum atomic E-state index is 12.8. The molecule has 9 nitrogen and oxygen atoms in total. The van der Waals surface area contributed by atoms with Crippen LogP contribution in [-0.2, 0) is 19.1 Å². The molecular weight excluding hydrogens is 414 g/mol. The van der Waals surface area contributed by atoms with Crippen molar-refractivity contribution in [1.82, 2.24) is 9.97 Å². The number of ether oxygens (including phenoxy) is 3. The first-order valence-corrected chi connectivity index (χ1v) is 9.79. The predicted octanol–water partition coefficient (Wildman–Crippen LogP) is 3.02. The fraction of sp³-hybridized carbons (Fsp3) is 0.174. The largest absolute Gasteiger partial charge is 0.465 e. The third kappa shape index (κ3) is 6.11. The Labute approximate surface area is 184 Å². The summed E-state index contributed by atoms with van der Waals surface area (Å²) in [5, 5.41) is 0. The average molecular weight is 435 g/mol. The van der Waals surface area contributed by atoms with Crippen LogP contribution in [0.1, 0.15) is 17.3 Å². The molecule has 0 aliphatic heterocycles. The number of para-hydroxylation sites is 1. The molecule has 0 aliphatic carbocycles. The molecule has 0 bridgehead atoms. The monoisotopic (exact) mass is 435 g/mol. The highest BCUT2D eigenvalue weighted by atomic mass is 16.5. The van der Waals surface area contributed by atoms with Gasteiger partial charge in [-0.05, 0) is 43.3 Å². The zero-order valence-corrected chi connectivity index (χ0v) is 17.3. The number of carbonyl (C=O) groups excluding carboxylic acids is 3. The molecule has 3 aromatic rings. The Morgan fingerprint density at radius 1 is 0.938 bits per heavy atom. The summed E-state index contributed by atoms with van der Waals surface area (Å²) in [5.41, 5.74) is 0.518. The highest BCUT2D eigenvalue weighted by molar-refractivity contribution is 6.00. The van der Waals surface area contributed by atoms with Gasteiger partial charge in [-0.15, -0.1) is 0 Å². The van der Waals surface area contributed by atoms with E-state index in [1.165, 1.54) is 23.4 Å². The minimum Gasteiger partial charge on any atom is -0.465 e. The molecule has 0 atom stereocenters. The number of benzene rings is 1. The van der Waals surface area contributed by atoms with Gasteiger partial charge >= 0.3 is 11.9 Å². The van der Waals surface area contributed by atoms with Gasteiger partial charge in [0.05, 0.1) is 12.8 Å². The number of rotatable bonds is 9. The summed E-state index contributed by atoms with van der Waals surface area (Å²) in [6.45, 7) is 0.962. The summed E-state index contributed by atoms with van der Waals surface area (Å²) in [4.78, 5) is 46.6. The van der Waals surface area contributed by atoms with Crippen LogP contribution in [0.25, 0.3) is 0 Å². The Kier molecular flexibility index (Phi) is 7.85. The smallest absolute Gasteiger partial charge is 0.344 e. The molecule has 0 N–H and O–H groups in total. The molecule has 0 spiro atoms. The van der Waals surface area contributed by atoms with Crippen molar-refractivity contribution in [2.75, 3.05) is 24.7 Å². The number of esters is 2. The van der Waals surface area contributed by atoms with E-state index in [0.717, 1.165) is 0 Å². The van der Waals surface area contributed by atoms with E-state index in [1.54, 1.807) is 61.7 Å². The van der Waals surface area contributed by atoms with Gasteiger partial charge in [-0.2, -0.15) is 0 Å². The maximum Gasteiger partial charge on any atom is 0.344 e. The topological polar surface area (TPSA) is 108 Å². The third-order valence-electron chi connectivity index (χ3n) is 4.13. The number of aromatic nitrogens is 2. The lowest BCUT2D eigenvalue weighted by molar-refractivity contribution is -0.142. The van der Waals surface area contributed by atoms with Crippen LogP contribution in [0.15, 0.2) is 73.2 Å².